The molecule has 0 spiro atoms. The third kappa shape index (κ3) is 3.96. The van der Waals surface area contributed by atoms with Crippen molar-refractivity contribution in [2.24, 2.45) is 0 Å². The molecule has 0 saturated carbocycles. The van der Waals surface area contributed by atoms with Crippen molar-refractivity contribution in [1.29, 1.82) is 0 Å². The Morgan fingerprint density at radius 2 is 2.07 bits per heavy atom. The summed E-state index contributed by atoms with van der Waals surface area (Å²) in [5.74, 6) is 0.938. The molecule has 4 rings (SSSR count). The normalized spacial score (nSPS) is 11.2. The molecule has 2 aromatic heterocycles. The highest BCUT2D eigenvalue weighted by molar-refractivity contribution is 6.30. The summed E-state index contributed by atoms with van der Waals surface area (Å²) in [7, 11) is 1.75. The number of aromatic amines is 1. The SMILES string of the molecule is CCc1c(-c2nc(CCN(C)C(=O)c3cccc(Cl)c3)no2)[nH]c2ccc(C)cc12. The quantitative estimate of drug-likeness (QED) is 0.471. The first-order valence-corrected chi connectivity index (χ1v) is 10.3. The second kappa shape index (κ2) is 8.32. The lowest BCUT2D eigenvalue weighted by molar-refractivity contribution is 0.0796. The van der Waals surface area contributed by atoms with Crippen LogP contribution in [0.3, 0.4) is 0 Å². The molecule has 1 N–H and O–H groups in total. The van der Waals surface area contributed by atoms with Crippen LogP contribution in [0.25, 0.3) is 22.5 Å². The number of aromatic nitrogens is 3. The Morgan fingerprint density at radius 1 is 1.23 bits per heavy atom. The summed E-state index contributed by atoms with van der Waals surface area (Å²) in [5, 5.41) is 5.83. The van der Waals surface area contributed by atoms with Crippen molar-refractivity contribution >= 4 is 28.4 Å². The number of likely N-dealkylation sites (N-methyl/N-ethyl adjacent to an activating group) is 1. The maximum Gasteiger partial charge on any atom is 0.274 e. The molecule has 6 nitrogen and oxygen atoms in total. The second-order valence-corrected chi connectivity index (χ2v) is 7.82. The smallest absolute Gasteiger partial charge is 0.274 e. The number of aryl methyl sites for hydroxylation is 2. The Balaban J connectivity index is 1.50. The first-order valence-electron chi connectivity index (χ1n) is 9.91. The van der Waals surface area contributed by atoms with Gasteiger partial charge in [0.25, 0.3) is 11.8 Å². The van der Waals surface area contributed by atoms with Crippen LogP contribution in [0.5, 0.6) is 0 Å². The summed E-state index contributed by atoms with van der Waals surface area (Å²) in [4.78, 5) is 22.1. The standard InChI is InChI=1S/C23H23ClN4O2/c1-4-17-18-12-14(2)8-9-19(18)25-21(17)22-26-20(27-30-22)10-11-28(3)23(29)15-6-5-7-16(24)13-15/h5-9,12-13,25H,4,10-11H2,1-3H3. The van der Waals surface area contributed by atoms with E-state index in [0.29, 0.717) is 35.3 Å². The Kier molecular flexibility index (Phi) is 5.59. The molecular formula is C23H23ClN4O2. The number of amides is 1. The molecule has 0 aliphatic rings. The molecule has 1 amide bonds. The van der Waals surface area contributed by atoms with Crippen LogP contribution in [0.1, 0.15) is 34.2 Å². The molecule has 0 radical (unpaired) electrons. The number of halogens is 1. The lowest BCUT2D eigenvalue weighted by Crippen LogP contribution is -2.29. The minimum atomic E-state index is -0.0968. The Morgan fingerprint density at radius 3 is 2.83 bits per heavy atom. The molecule has 0 aliphatic carbocycles. The van der Waals surface area contributed by atoms with E-state index in [9.17, 15) is 4.79 Å². The van der Waals surface area contributed by atoms with Gasteiger partial charge < -0.3 is 14.4 Å². The molecule has 7 heteroatoms. The van der Waals surface area contributed by atoms with Crippen molar-refractivity contribution in [3.63, 3.8) is 0 Å². The van der Waals surface area contributed by atoms with Crippen molar-refractivity contribution in [1.82, 2.24) is 20.0 Å². The van der Waals surface area contributed by atoms with Gasteiger partial charge in [0.1, 0.15) is 5.69 Å². The zero-order chi connectivity index (χ0) is 21.3. The summed E-state index contributed by atoms with van der Waals surface area (Å²) in [5.41, 5.74) is 4.84. The number of fused-ring (bicyclic) bond motifs is 1. The molecule has 4 aromatic rings. The van der Waals surface area contributed by atoms with E-state index in [0.717, 1.165) is 23.2 Å². The fourth-order valence-corrected chi connectivity index (χ4v) is 3.77. The summed E-state index contributed by atoms with van der Waals surface area (Å²) >= 11 is 5.98. The van der Waals surface area contributed by atoms with E-state index in [1.165, 1.54) is 10.9 Å². The minimum Gasteiger partial charge on any atom is -0.350 e. The van der Waals surface area contributed by atoms with Crippen LogP contribution in [0, 0.1) is 6.92 Å². The van der Waals surface area contributed by atoms with Gasteiger partial charge in [-0.15, -0.1) is 0 Å². The van der Waals surface area contributed by atoms with Gasteiger partial charge in [0, 0.05) is 41.5 Å². The fourth-order valence-electron chi connectivity index (χ4n) is 3.58. The largest absolute Gasteiger partial charge is 0.350 e. The highest BCUT2D eigenvalue weighted by atomic mass is 35.5. The second-order valence-electron chi connectivity index (χ2n) is 7.38. The lowest BCUT2D eigenvalue weighted by atomic mass is 10.1. The monoisotopic (exact) mass is 422 g/mol. The van der Waals surface area contributed by atoms with Gasteiger partial charge in [-0.2, -0.15) is 4.98 Å². The van der Waals surface area contributed by atoms with E-state index < -0.39 is 0 Å². The van der Waals surface area contributed by atoms with E-state index >= 15 is 0 Å². The van der Waals surface area contributed by atoms with E-state index in [4.69, 9.17) is 16.1 Å². The maximum atomic E-state index is 12.6. The van der Waals surface area contributed by atoms with Crippen LogP contribution in [-0.2, 0) is 12.8 Å². The number of carbonyl (C=O) groups excluding carboxylic acids is 1. The van der Waals surface area contributed by atoms with Gasteiger partial charge in [-0.05, 0) is 49.2 Å². The average molecular weight is 423 g/mol. The van der Waals surface area contributed by atoms with Crippen molar-refractivity contribution in [2.45, 2.75) is 26.7 Å². The number of carbonyl (C=O) groups is 1. The molecule has 0 bridgehead atoms. The number of nitrogens with one attached hydrogen (secondary N) is 1. The van der Waals surface area contributed by atoms with E-state index in [1.54, 1.807) is 36.2 Å². The lowest BCUT2D eigenvalue weighted by Gasteiger charge is -2.16. The molecule has 0 atom stereocenters. The number of nitrogens with zero attached hydrogens (tertiary/aromatic N) is 3. The summed E-state index contributed by atoms with van der Waals surface area (Å²) in [6.45, 7) is 4.66. The Hall–Kier alpha value is -3.12. The number of hydrogen-bond acceptors (Lipinski definition) is 4. The highest BCUT2D eigenvalue weighted by Crippen LogP contribution is 2.30. The first-order chi connectivity index (χ1) is 14.5. The van der Waals surface area contributed by atoms with Crippen LogP contribution in [0.2, 0.25) is 5.02 Å². The molecule has 30 heavy (non-hydrogen) atoms. The number of H-pyrrole nitrogens is 1. The van der Waals surface area contributed by atoms with E-state index in [1.807, 2.05) is 0 Å². The van der Waals surface area contributed by atoms with Crippen LogP contribution >= 0.6 is 11.6 Å². The number of hydrogen-bond donors (Lipinski definition) is 1. The molecule has 154 valence electrons. The van der Waals surface area contributed by atoms with Gasteiger partial charge in [-0.1, -0.05) is 41.4 Å². The van der Waals surface area contributed by atoms with E-state index in [2.05, 4.69) is 47.2 Å². The Bertz CT molecular complexity index is 1210. The molecule has 0 unspecified atom stereocenters. The summed E-state index contributed by atoms with van der Waals surface area (Å²) in [6.07, 6.45) is 1.35. The van der Waals surface area contributed by atoms with Crippen molar-refractivity contribution in [3.05, 3.63) is 70.0 Å². The van der Waals surface area contributed by atoms with Gasteiger partial charge in [0.2, 0.25) is 0 Å². The molecule has 2 aromatic carbocycles. The van der Waals surface area contributed by atoms with Gasteiger partial charge in [0.15, 0.2) is 5.82 Å². The van der Waals surface area contributed by atoms with Crippen molar-refractivity contribution in [3.8, 4) is 11.6 Å². The molecular weight excluding hydrogens is 400 g/mol. The minimum absolute atomic E-state index is 0.0968. The van der Waals surface area contributed by atoms with Gasteiger partial charge in [-0.3, -0.25) is 4.79 Å². The zero-order valence-corrected chi connectivity index (χ0v) is 18.0. The topological polar surface area (TPSA) is 75.0 Å². The third-order valence-electron chi connectivity index (χ3n) is 5.19. The third-order valence-corrected chi connectivity index (χ3v) is 5.42. The number of rotatable bonds is 6. The molecule has 0 saturated heterocycles. The fraction of sp³-hybridized carbons (Fsp3) is 0.261. The van der Waals surface area contributed by atoms with E-state index in [-0.39, 0.29) is 5.91 Å². The van der Waals surface area contributed by atoms with Crippen LogP contribution in [0.4, 0.5) is 0 Å². The highest BCUT2D eigenvalue weighted by Gasteiger charge is 2.18. The van der Waals surface area contributed by atoms with Crippen molar-refractivity contribution in [2.75, 3.05) is 13.6 Å². The van der Waals surface area contributed by atoms with Crippen LogP contribution in [-0.4, -0.2) is 39.5 Å². The van der Waals surface area contributed by atoms with Gasteiger partial charge in [0.05, 0.1) is 0 Å². The zero-order valence-electron chi connectivity index (χ0n) is 17.2. The maximum absolute atomic E-state index is 12.6. The molecule has 0 fully saturated rings. The van der Waals surface area contributed by atoms with Crippen molar-refractivity contribution < 1.29 is 9.32 Å². The average Bonchev–Trinajstić information content (AvgIpc) is 3.35. The summed E-state index contributed by atoms with van der Waals surface area (Å²) < 4.78 is 5.53. The van der Waals surface area contributed by atoms with Gasteiger partial charge >= 0.3 is 0 Å². The number of benzene rings is 2. The van der Waals surface area contributed by atoms with Crippen LogP contribution < -0.4 is 0 Å². The molecule has 0 aliphatic heterocycles. The van der Waals surface area contributed by atoms with Gasteiger partial charge in [-0.25, -0.2) is 0 Å². The Labute approximate surface area is 179 Å². The predicted octanol–water partition coefficient (Wildman–Crippen LogP) is 5.06. The molecule has 2 heterocycles. The summed E-state index contributed by atoms with van der Waals surface area (Å²) in [6, 6.07) is 13.2. The first kappa shape index (κ1) is 20.2. The predicted molar refractivity (Wildman–Crippen MR) is 118 cm³/mol. The van der Waals surface area contributed by atoms with Crippen LogP contribution in [0.15, 0.2) is 47.0 Å².